The topological polar surface area (TPSA) is 178 Å². The summed E-state index contributed by atoms with van der Waals surface area (Å²) in [4.78, 5) is 42.7. The molecule has 18 heavy (non-hydrogen) atoms. The Morgan fingerprint density at radius 2 is 1.39 bits per heavy atom. The van der Waals surface area contributed by atoms with E-state index in [4.69, 9.17) is 21.1 Å². The van der Waals surface area contributed by atoms with Crippen molar-refractivity contribution < 1.29 is 39.6 Å². The second-order valence-corrected chi connectivity index (χ2v) is 3.41. The maximum Gasteiger partial charge on any atom is 0.352 e. The van der Waals surface area contributed by atoms with Crippen LogP contribution in [0.2, 0.25) is 0 Å². The maximum atomic E-state index is 10.9. The Bertz CT molecular complexity index is 365. The minimum atomic E-state index is -2.98. The zero-order valence-electron chi connectivity index (χ0n) is 9.07. The molecule has 0 aromatic heterocycles. The van der Waals surface area contributed by atoms with Gasteiger partial charge in [0.15, 0.2) is 0 Å². The summed E-state index contributed by atoms with van der Waals surface area (Å²) in [6.45, 7) is -2.16. The highest BCUT2D eigenvalue weighted by atomic mass is 16.4. The number of hydrogen-bond donors (Lipinski definition) is 5. The Morgan fingerprint density at radius 3 is 1.61 bits per heavy atom. The summed E-state index contributed by atoms with van der Waals surface area (Å²) in [7, 11) is 0. The lowest BCUT2D eigenvalue weighted by molar-refractivity contribution is -0.190. The van der Waals surface area contributed by atoms with E-state index >= 15 is 0 Å². The molecule has 0 saturated carbocycles. The Morgan fingerprint density at radius 1 is 1.00 bits per heavy atom. The Labute approximate surface area is 100 Å². The summed E-state index contributed by atoms with van der Waals surface area (Å²) in [6.07, 6.45) is -1.14. The highest BCUT2D eigenvalue weighted by molar-refractivity contribution is 5.86. The molecule has 0 aliphatic carbocycles. The predicted molar refractivity (Wildman–Crippen MR) is 53.2 cm³/mol. The van der Waals surface area contributed by atoms with Crippen molar-refractivity contribution in [1.82, 2.24) is 4.90 Å². The number of rotatable bonds is 8. The fourth-order valence-corrected chi connectivity index (χ4v) is 1.21. The molecule has 0 saturated heterocycles. The van der Waals surface area contributed by atoms with Gasteiger partial charge in [0.25, 0.3) is 0 Å². The van der Waals surface area contributed by atoms with E-state index in [0.717, 1.165) is 0 Å². The van der Waals surface area contributed by atoms with Gasteiger partial charge in [0.05, 0.1) is 6.42 Å². The molecule has 0 heterocycles. The van der Waals surface area contributed by atoms with Crippen LogP contribution >= 0.6 is 0 Å². The van der Waals surface area contributed by atoms with Gasteiger partial charge < -0.3 is 26.2 Å². The van der Waals surface area contributed by atoms with Crippen LogP contribution in [0.15, 0.2) is 0 Å². The van der Waals surface area contributed by atoms with E-state index < -0.39 is 49.1 Å². The van der Waals surface area contributed by atoms with Crippen LogP contribution in [0.25, 0.3) is 0 Å². The van der Waals surface area contributed by atoms with E-state index in [1.807, 2.05) is 0 Å². The number of aliphatic carboxylic acids is 3. The third-order valence-electron chi connectivity index (χ3n) is 1.94. The normalized spacial score (nSPS) is 13.9. The SMILES string of the molecule is NC(=O)C[C@@](O)(C(=O)O)N(CC(=O)O)CC(=O)O. The summed E-state index contributed by atoms with van der Waals surface area (Å²) < 4.78 is 0. The van der Waals surface area contributed by atoms with Crippen LogP contribution in [0.1, 0.15) is 6.42 Å². The van der Waals surface area contributed by atoms with Crippen LogP contribution in [0.4, 0.5) is 0 Å². The first kappa shape index (κ1) is 15.8. The van der Waals surface area contributed by atoms with Crippen LogP contribution in [0, 0.1) is 0 Å². The zero-order chi connectivity index (χ0) is 14.5. The molecule has 0 unspecified atom stereocenters. The third kappa shape index (κ3) is 4.35. The Balaban J connectivity index is 5.31. The molecule has 0 aromatic carbocycles. The van der Waals surface area contributed by atoms with Crippen molar-refractivity contribution in [3.63, 3.8) is 0 Å². The van der Waals surface area contributed by atoms with Crippen LogP contribution in [0.3, 0.4) is 0 Å². The lowest BCUT2D eigenvalue weighted by atomic mass is 10.1. The molecule has 0 aliphatic rings. The van der Waals surface area contributed by atoms with Crippen molar-refractivity contribution in [3.05, 3.63) is 0 Å². The summed E-state index contributed by atoms with van der Waals surface area (Å²) in [5.41, 5.74) is 1.75. The van der Waals surface area contributed by atoms with Gasteiger partial charge in [0, 0.05) is 0 Å². The van der Waals surface area contributed by atoms with Crippen LogP contribution < -0.4 is 5.73 Å². The van der Waals surface area contributed by atoms with Gasteiger partial charge >= 0.3 is 17.9 Å². The van der Waals surface area contributed by atoms with Crippen LogP contribution in [-0.2, 0) is 19.2 Å². The number of carbonyl (C=O) groups is 4. The second kappa shape index (κ2) is 5.93. The molecule has 1 amide bonds. The first-order valence-corrected chi connectivity index (χ1v) is 4.52. The van der Waals surface area contributed by atoms with E-state index in [-0.39, 0.29) is 4.90 Å². The quantitative estimate of drug-likeness (QED) is 0.287. The molecular formula is C8H12N2O8. The molecule has 6 N–H and O–H groups in total. The predicted octanol–water partition coefficient (Wildman–Crippen LogP) is -2.89. The molecule has 0 spiro atoms. The highest BCUT2D eigenvalue weighted by Crippen LogP contribution is 2.17. The average molecular weight is 264 g/mol. The van der Waals surface area contributed by atoms with E-state index in [0.29, 0.717) is 0 Å². The van der Waals surface area contributed by atoms with E-state index in [1.54, 1.807) is 0 Å². The largest absolute Gasteiger partial charge is 0.480 e. The number of primary amides is 1. The molecule has 0 aliphatic heterocycles. The Kier molecular flexibility index (Phi) is 5.21. The molecule has 0 bridgehead atoms. The highest BCUT2D eigenvalue weighted by Gasteiger charge is 2.45. The summed E-state index contributed by atoms with van der Waals surface area (Å²) in [5, 5.41) is 35.6. The number of nitrogens with two attached hydrogens (primary N) is 1. The van der Waals surface area contributed by atoms with Crippen LogP contribution in [-0.4, -0.2) is 68.0 Å². The third-order valence-corrected chi connectivity index (χ3v) is 1.94. The molecular weight excluding hydrogens is 252 g/mol. The van der Waals surface area contributed by atoms with Crippen molar-refractivity contribution in [2.45, 2.75) is 12.1 Å². The number of carbonyl (C=O) groups excluding carboxylic acids is 1. The van der Waals surface area contributed by atoms with Crippen molar-refractivity contribution in [3.8, 4) is 0 Å². The van der Waals surface area contributed by atoms with Gasteiger partial charge in [-0.2, -0.15) is 0 Å². The van der Waals surface area contributed by atoms with Crippen LogP contribution in [0.5, 0.6) is 0 Å². The second-order valence-electron chi connectivity index (χ2n) is 3.41. The summed E-state index contributed by atoms with van der Waals surface area (Å²) >= 11 is 0. The minimum Gasteiger partial charge on any atom is -0.480 e. The number of amides is 1. The summed E-state index contributed by atoms with van der Waals surface area (Å²) in [6, 6.07) is 0. The minimum absolute atomic E-state index is 0.213. The lowest BCUT2D eigenvalue weighted by Gasteiger charge is -2.33. The molecule has 10 nitrogen and oxygen atoms in total. The number of aliphatic hydroxyl groups is 1. The molecule has 10 heteroatoms. The van der Waals surface area contributed by atoms with Gasteiger partial charge in [-0.3, -0.25) is 14.4 Å². The monoisotopic (exact) mass is 264 g/mol. The average Bonchev–Trinajstić information content (AvgIpc) is 2.13. The fraction of sp³-hybridized carbons (Fsp3) is 0.500. The smallest absolute Gasteiger partial charge is 0.352 e. The standard InChI is InChI=1S/C8H12N2O8/c9-4(11)1-8(18,7(16)17)10(2-5(12)13)3-6(14)15/h18H,1-3H2,(H2,9,11)(H,12,13)(H,14,15)(H,16,17)/t8-/m1/s1. The number of hydrogen-bond acceptors (Lipinski definition) is 6. The maximum absolute atomic E-state index is 10.9. The van der Waals surface area contributed by atoms with Gasteiger partial charge in [0.2, 0.25) is 11.6 Å². The lowest BCUT2D eigenvalue weighted by Crippen LogP contribution is -2.59. The Hall–Kier alpha value is -2.20. The van der Waals surface area contributed by atoms with Crippen molar-refractivity contribution in [2.75, 3.05) is 13.1 Å². The molecule has 102 valence electrons. The van der Waals surface area contributed by atoms with Crippen molar-refractivity contribution in [1.29, 1.82) is 0 Å². The van der Waals surface area contributed by atoms with Gasteiger partial charge in [-0.05, 0) is 0 Å². The molecule has 0 aromatic rings. The first-order valence-electron chi connectivity index (χ1n) is 4.52. The van der Waals surface area contributed by atoms with Gasteiger partial charge in [0.1, 0.15) is 13.1 Å². The molecule has 1 atom stereocenters. The van der Waals surface area contributed by atoms with E-state index in [1.165, 1.54) is 0 Å². The number of carboxylic acid groups (broad SMARTS) is 3. The van der Waals surface area contributed by atoms with Crippen molar-refractivity contribution >= 4 is 23.8 Å². The molecule has 0 radical (unpaired) electrons. The molecule has 0 rings (SSSR count). The van der Waals surface area contributed by atoms with E-state index in [9.17, 15) is 24.3 Å². The van der Waals surface area contributed by atoms with Gasteiger partial charge in [-0.1, -0.05) is 0 Å². The summed E-state index contributed by atoms with van der Waals surface area (Å²) in [5.74, 6) is -6.33. The zero-order valence-corrected chi connectivity index (χ0v) is 9.07. The number of nitrogens with zero attached hydrogens (tertiary/aromatic N) is 1. The first-order chi connectivity index (χ1) is 8.09. The molecule has 0 fully saturated rings. The van der Waals surface area contributed by atoms with E-state index in [2.05, 4.69) is 0 Å². The van der Waals surface area contributed by atoms with Gasteiger partial charge in [-0.25, -0.2) is 9.69 Å². The fourth-order valence-electron chi connectivity index (χ4n) is 1.21. The van der Waals surface area contributed by atoms with Crippen molar-refractivity contribution in [2.24, 2.45) is 5.73 Å². The number of carboxylic acids is 3. The van der Waals surface area contributed by atoms with Gasteiger partial charge in [-0.15, -0.1) is 0 Å².